The van der Waals surface area contributed by atoms with E-state index in [1.54, 1.807) is 17.8 Å². The van der Waals surface area contributed by atoms with Crippen LogP contribution in [0.5, 0.6) is 0 Å². The molecule has 0 spiro atoms. The van der Waals surface area contributed by atoms with Crippen molar-refractivity contribution >= 4 is 11.6 Å². The summed E-state index contributed by atoms with van der Waals surface area (Å²) in [5, 5.41) is 0.618. The van der Waals surface area contributed by atoms with Crippen LogP contribution in [0.3, 0.4) is 0 Å². The molecule has 1 atom stereocenters. The van der Waals surface area contributed by atoms with E-state index < -0.39 is 0 Å². The maximum absolute atomic E-state index is 11.9. The van der Waals surface area contributed by atoms with Crippen molar-refractivity contribution in [2.45, 2.75) is 26.3 Å². The Hall–Kier alpha value is -1.59. The van der Waals surface area contributed by atoms with Gasteiger partial charge in [-0.3, -0.25) is 4.79 Å². The number of nitrogens with zero attached hydrogens (tertiary/aromatic N) is 3. The predicted octanol–water partition coefficient (Wildman–Crippen LogP) is 2.64. The van der Waals surface area contributed by atoms with Gasteiger partial charge in [0.1, 0.15) is 11.0 Å². The number of aryl methyl sites for hydroxylation is 2. The quantitative estimate of drug-likeness (QED) is 0.873. The van der Waals surface area contributed by atoms with Crippen molar-refractivity contribution in [3.8, 4) is 11.4 Å². The molecule has 0 aromatic carbocycles. The molecular weight excluding hydrogens is 302 g/mol. The number of pyridine rings is 1. The average molecular weight is 322 g/mol. The molecule has 0 unspecified atom stereocenters. The molecule has 1 fully saturated rings. The van der Waals surface area contributed by atoms with Crippen LogP contribution in [0.25, 0.3) is 11.4 Å². The highest BCUT2D eigenvalue weighted by molar-refractivity contribution is 6.29. The van der Waals surface area contributed by atoms with E-state index in [0.29, 0.717) is 16.6 Å². The van der Waals surface area contributed by atoms with Gasteiger partial charge in [0, 0.05) is 43.4 Å². The minimum atomic E-state index is 0.00799. The minimum Gasteiger partial charge on any atom is -0.381 e. The van der Waals surface area contributed by atoms with Gasteiger partial charge in [-0.25, -0.2) is 4.98 Å². The number of hydrogen-bond donors (Lipinski definition) is 0. The molecule has 0 bridgehead atoms. The lowest BCUT2D eigenvalue weighted by Crippen LogP contribution is -2.23. The third-order valence-electron chi connectivity index (χ3n) is 4.12. The number of hydrogen-bond acceptors (Lipinski definition) is 3. The van der Waals surface area contributed by atoms with Gasteiger partial charge in [0.25, 0.3) is 5.56 Å². The van der Waals surface area contributed by atoms with Gasteiger partial charge in [0.15, 0.2) is 0 Å². The standard InChI is InChI=1S/C16H20ClN3O2/c1-11-6-13(9-19(2)16(11)21)15-18-7-14(17)20(15)8-12-4-3-5-22-10-12/h6-7,9,12H,3-5,8,10H2,1-2H3/t12-/m1/s1. The van der Waals surface area contributed by atoms with E-state index in [-0.39, 0.29) is 5.56 Å². The summed E-state index contributed by atoms with van der Waals surface area (Å²) in [6, 6.07) is 1.87. The summed E-state index contributed by atoms with van der Waals surface area (Å²) in [5.41, 5.74) is 1.61. The molecule has 6 heteroatoms. The Morgan fingerprint density at radius 3 is 3.00 bits per heavy atom. The molecule has 3 rings (SSSR count). The summed E-state index contributed by atoms with van der Waals surface area (Å²) in [7, 11) is 1.75. The second kappa shape index (κ2) is 6.26. The van der Waals surface area contributed by atoms with Crippen LogP contribution < -0.4 is 5.56 Å². The highest BCUT2D eigenvalue weighted by Crippen LogP contribution is 2.26. The van der Waals surface area contributed by atoms with E-state index in [1.807, 2.05) is 23.8 Å². The fourth-order valence-electron chi connectivity index (χ4n) is 2.97. The van der Waals surface area contributed by atoms with Crippen molar-refractivity contribution in [1.82, 2.24) is 14.1 Å². The van der Waals surface area contributed by atoms with Gasteiger partial charge >= 0.3 is 0 Å². The van der Waals surface area contributed by atoms with Crippen molar-refractivity contribution in [1.29, 1.82) is 0 Å². The number of rotatable bonds is 3. The monoisotopic (exact) mass is 321 g/mol. The molecule has 1 saturated heterocycles. The average Bonchev–Trinajstić information content (AvgIpc) is 2.87. The summed E-state index contributed by atoms with van der Waals surface area (Å²) in [6.07, 6.45) is 5.70. The zero-order valence-electron chi connectivity index (χ0n) is 12.9. The van der Waals surface area contributed by atoms with E-state index in [1.165, 1.54) is 0 Å². The zero-order valence-corrected chi connectivity index (χ0v) is 13.6. The van der Waals surface area contributed by atoms with E-state index in [2.05, 4.69) is 4.98 Å². The first kappa shape index (κ1) is 15.3. The lowest BCUT2D eigenvalue weighted by molar-refractivity contribution is 0.0485. The molecule has 5 nitrogen and oxygen atoms in total. The topological polar surface area (TPSA) is 49.0 Å². The van der Waals surface area contributed by atoms with Crippen LogP contribution in [0, 0.1) is 12.8 Å². The maximum Gasteiger partial charge on any atom is 0.253 e. The van der Waals surface area contributed by atoms with Crippen molar-refractivity contribution < 1.29 is 4.74 Å². The number of imidazole rings is 1. The Morgan fingerprint density at radius 1 is 1.50 bits per heavy atom. The van der Waals surface area contributed by atoms with Gasteiger partial charge in [0.2, 0.25) is 0 Å². The molecule has 0 aliphatic carbocycles. The molecule has 2 aromatic rings. The normalized spacial score (nSPS) is 18.6. The van der Waals surface area contributed by atoms with E-state index in [4.69, 9.17) is 16.3 Å². The SMILES string of the molecule is Cc1cc(-c2ncc(Cl)n2C[C@H]2CCCOC2)cn(C)c1=O. The Morgan fingerprint density at radius 2 is 2.32 bits per heavy atom. The largest absolute Gasteiger partial charge is 0.381 e. The van der Waals surface area contributed by atoms with Crippen molar-refractivity contribution in [2.75, 3.05) is 13.2 Å². The highest BCUT2D eigenvalue weighted by atomic mass is 35.5. The van der Waals surface area contributed by atoms with Gasteiger partial charge < -0.3 is 13.9 Å². The fraction of sp³-hybridized carbons (Fsp3) is 0.500. The van der Waals surface area contributed by atoms with Crippen LogP contribution in [0.1, 0.15) is 18.4 Å². The van der Waals surface area contributed by atoms with Crippen LogP contribution in [-0.2, 0) is 18.3 Å². The van der Waals surface area contributed by atoms with Gasteiger partial charge in [-0.2, -0.15) is 0 Å². The molecule has 1 aliphatic rings. The molecule has 0 N–H and O–H groups in total. The number of aromatic nitrogens is 3. The van der Waals surface area contributed by atoms with Gasteiger partial charge in [-0.05, 0) is 25.8 Å². The summed E-state index contributed by atoms with van der Waals surface area (Å²) in [4.78, 5) is 16.3. The summed E-state index contributed by atoms with van der Waals surface area (Å²) in [6.45, 7) is 4.22. The first-order chi connectivity index (χ1) is 10.6. The molecule has 118 valence electrons. The van der Waals surface area contributed by atoms with Crippen LogP contribution in [0.4, 0.5) is 0 Å². The Kier molecular flexibility index (Phi) is 4.36. The summed E-state index contributed by atoms with van der Waals surface area (Å²) in [5.74, 6) is 1.25. The van der Waals surface area contributed by atoms with Gasteiger partial charge in [0.05, 0.1) is 12.8 Å². The second-order valence-corrected chi connectivity index (χ2v) is 6.31. The van der Waals surface area contributed by atoms with Crippen LogP contribution in [-0.4, -0.2) is 27.3 Å². The Bertz CT molecular complexity index is 703. The first-order valence-corrected chi connectivity index (χ1v) is 7.90. The molecule has 22 heavy (non-hydrogen) atoms. The Balaban J connectivity index is 1.96. The van der Waals surface area contributed by atoms with Gasteiger partial charge in [-0.1, -0.05) is 11.6 Å². The lowest BCUT2D eigenvalue weighted by Gasteiger charge is -2.23. The van der Waals surface area contributed by atoms with E-state index in [9.17, 15) is 4.79 Å². The number of ether oxygens (including phenoxy) is 1. The van der Waals surface area contributed by atoms with Crippen molar-refractivity contribution in [3.05, 3.63) is 39.5 Å². The lowest BCUT2D eigenvalue weighted by atomic mass is 10.0. The second-order valence-electron chi connectivity index (χ2n) is 5.93. The van der Waals surface area contributed by atoms with Gasteiger partial charge in [-0.15, -0.1) is 0 Å². The van der Waals surface area contributed by atoms with Crippen LogP contribution in [0.15, 0.2) is 23.3 Å². The maximum atomic E-state index is 11.9. The molecule has 2 aromatic heterocycles. The third kappa shape index (κ3) is 2.96. The van der Waals surface area contributed by atoms with Crippen LogP contribution >= 0.6 is 11.6 Å². The molecular formula is C16H20ClN3O2. The Labute approximate surface area is 134 Å². The van der Waals surface area contributed by atoms with E-state index in [0.717, 1.165) is 44.0 Å². The van der Waals surface area contributed by atoms with Crippen LogP contribution in [0.2, 0.25) is 5.15 Å². The number of halogens is 1. The van der Waals surface area contributed by atoms with Crippen molar-refractivity contribution in [3.63, 3.8) is 0 Å². The minimum absolute atomic E-state index is 0.00799. The van der Waals surface area contributed by atoms with E-state index >= 15 is 0 Å². The third-order valence-corrected chi connectivity index (χ3v) is 4.42. The smallest absolute Gasteiger partial charge is 0.253 e. The summed E-state index contributed by atoms with van der Waals surface area (Å²) < 4.78 is 9.15. The molecule has 1 aliphatic heterocycles. The molecule has 0 saturated carbocycles. The highest BCUT2D eigenvalue weighted by Gasteiger charge is 2.19. The zero-order chi connectivity index (χ0) is 15.7. The molecule has 0 amide bonds. The summed E-state index contributed by atoms with van der Waals surface area (Å²) >= 11 is 6.32. The molecule has 0 radical (unpaired) electrons. The predicted molar refractivity (Wildman–Crippen MR) is 86.2 cm³/mol. The van der Waals surface area contributed by atoms with Crippen molar-refractivity contribution in [2.24, 2.45) is 13.0 Å². The fourth-order valence-corrected chi connectivity index (χ4v) is 3.17. The first-order valence-electron chi connectivity index (χ1n) is 7.52. The molecule has 3 heterocycles.